The first-order chi connectivity index (χ1) is 10.4. The number of fused-ring (bicyclic) bond motifs is 5. The van der Waals surface area contributed by atoms with Gasteiger partial charge in [-0.1, -0.05) is 6.07 Å². The van der Waals surface area contributed by atoms with Gasteiger partial charge in [-0.3, -0.25) is 4.79 Å². The van der Waals surface area contributed by atoms with Crippen LogP contribution >= 0.6 is 0 Å². The zero-order valence-corrected chi connectivity index (χ0v) is 11.3. The summed E-state index contributed by atoms with van der Waals surface area (Å²) in [6, 6.07) is 3.04. The van der Waals surface area contributed by atoms with Gasteiger partial charge < -0.3 is 10.2 Å². The molecule has 22 heavy (non-hydrogen) atoms. The lowest BCUT2D eigenvalue weighted by molar-refractivity contribution is -0.137. The number of urea groups is 1. The molecule has 1 aromatic carbocycles. The monoisotopic (exact) mass is 311 g/mol. The summed E-state index contributed by atoms with van der Waals surface area (Å²) >= 11 is 0. The van der Waals surface area contributed by atoms with Crippen molar-refractivity contribution in [1.29, 1.82) is 0 Å². The van der Waals surface area contributed by atoms with Crippen molar-refractivity contribution < 1.29 is 22.8 Å². The van der Waals surface area contributed by atoms with Crippen LogP contribution in [0.2, 0.25) is 0 Å². The van der Waals surface area contributed by atoms with Crippen LogP contribution in [0.3, 0.4) is 0 Å². The first-order valence-corrected chi connectivity index (χ1v) is 6.95. The van der Waals surface area contributed by atoms with E-state index < -0.39 is 29.7 Å². The molecule has 8 heteroatoms. The highest BCUT2D eigenvalue weighted by Crippen LogP contribution is 2.39. The number of nitrogens with one attached hydrogen (secondary N) is 1. The van der Waals surface area contributed by atoms with E-state index in [1.165, 1.54) is 17.0 Å². The van der Waals surface area contributed by atoms with Gasteiger partial charge in [0.05, 0.1) is 11.3 Å². The summed E-state index contributed by atoms with van der Waals surface area (Å²) in [5.41, 5.74) is -0.905. The molecule has 3 saturated heterocycles. The highest BCUT2D eigenvalue weighted by molar-refractivity contribution is 6.22. The molecule has 3 heterocycles. The van der Waals surface area contributed by atoms with E-state index in [1.807, 2.05) is 0 Å². The maximum atomic E-state index is 12.8. The quantitative estimate of drug-likeness (QED) is 0.801. The van der Waals surface area contributed by atoms with E-state index in [4.69, 9.17) is 0 Å². The van der Waals surface area contributed by atoms with Crippen LogP contribution < -0.4 is 10.2 Å². The third-order valence-electron chi connectivity index (χ3n) is 4.53. The van der Waals surface area contributed by atoms with Gasteiger partial charge in [0.1, 0.15) is 6.04 Å². The van der Waals surface area contributed by atoms with Crippen molar-refractivity contribution in [3.05, 3.63) is 29.8 Å². The molecule has 3 aliphatic heterocycles. The zero-order chi connectivity index (χ0) is 15.6. The van der Waals surface area contributed by atoms with E-state index in [1.54, 1.807) is 0 Å². The average Bonchev–Trinajstić information content (AvgIpc) is 3.12. The second kappa shape index (κ2) is 4.22. The molecule has 0 unspecified atom stereocenters. The maximum Gasteiger partial charge on any atom is 0.416 e. The fraction of sp³-hybridized carbons (Fsp3) is 0.429. The summed E-state index contributed by atoms with van der Waals surface area (Å²) < 4.78 is 38.4. The highest BCUT2D eigenvalue weighted by Gasteiger charge is 2.59. The van der Waals surface area contributed by atoms with Gasteiger partial charge in [-0.05, 0) is 24.6 Å². The van der Waals surface area contributed by atoms with Gasteiger partial charge in [-0.25, -0.2) is 9.69 Å². The maximum absolute atomic E-state index is 12.8. The molecular weight excluding hydrogens is 299 g/mol. The Morgan fingerprint density at radius 1 is 1.23 bits per heavy atom. The Morgan fingerprint density at radius 2 is 2.00 bits per heavy atom. The van der Waals surface area contributed by atoms with Crippen molar-refractivity contribution in [3.8, 4) is 0 Å². The molecule has 0 spiro atoms. The van der Waals surface area contributed by atoms with Crippen molar-refractivity contribution in [3.63, 3.8) is 0 Å². The van der Waals surface area contributed by atoms with Crippen LogP contribution in [-0.4, -0.2) is 41.5 Å². The minimum Gasteiger partial charge on any atom is -0.309 e. The number of anilines is 1. The number of benzene rings is 1. The van der Waals surface area contributed by atoms with Crippen LogP contribution in [0, 0.1) is 0 Å². The Hall–Kier alpha value is -2.09. The summed E-state index contributed by atoms with van der Waals surface area (Å²) in [5, 5.41) is 3.16. The molecule has 4 rings (SSSR count). The highest BCUT2D eigenvalue weighted by atomic mass is 19.4. The summed E-state index contributed by atoms with van der Waals surface area (Å²) in [7, 11) is 0. The lowest BCUT2D eigenvalue weighted by Crippen LogP contribution is -2.51. The summed E-state index contributed by atoms with van der Waals surface area (Å²) in [6.07, 6.45) is -3.79. The lowest BCUT2D eigenvalue weighted by atomic mass is 10.1. The van der Waals surface area contributed by atoms with Gasteiger partial charge in [0.2, 0.25) is 0 Å². The second-order valence-electron chi connectivity index (χ2n) is 5.76. The third kappa shape index (κ3) is 1.70. The van der Waals surface area contributed by atoms with Crippen molar-refractivity contribution in [1.82, 2.24) is 10.2 Å². The van der Waals surface area contributed by atoms with Gasteiger partial charge in [0, 0.05) is 18.6 Å². The number of halogens is 3. The van der Waals surface area contributed by atoms with E-state index in [9.17, 15) is 22.8 Å². The number of carbonyl (C=O) groups excluding carboxylic acids is 2. The normalized spacial score (nSPS) is 30.4. The number of carbonyl (C=O) groups is 2. The minimum atomic E-state index is -4.52. The number of nitrogens with zero attached hydrogens (tertiary/aromatic N) is 2. The number of alkyl halides is 3. The van der Waals surface area contributed by atoms with Crippen molar-refractivity contribution in [2.24, 2.45) is 0 Å². The summed E-state index contributed by atoms with van der Waals surface area (Å²) in [5.74, 6) is -0.455. The Bertz CT molecular complexity index is 648. The van der Waals surface area contributed by atoms with Crippen LogP contribution in [0.5, 0.6) is 0 Å². The van der Waals surface area contributed by atoms with Crippen molar-refractivity contribution in [2.75, 3.05) is 11.4 Å². The number of piperazine rings is 1. The molecule has 2 bridgehead atoms. The van der Waals surface area contributed by atoms with Crippen LogP contribution in [0.25, 0.3) is 0 Å². The Labute approximate surface area is 123 Å². The average molecular weight is 311 g/mol. The lowest BCUT2D eigenvalue weighted by Gasteiger charge is -2.26. The molecule has 0 saturated carbocycles. The first-order valence-electron chi connectivity index (χ1n) is 6.95. The first kappa shape index (κ1) is 13.6. The van der Waals surface area contributed by atoms with Gasteiger partial charge in [-0.15, -0.1) is 0 Å². The number of imide groups is 1. The second-order valence-corrected chi connectivity index (χ2v) is 5.76. The van der Waals surface area contributed by atoms with Crippen molar-refractivity contribution >= 4 is 17.6 Å². The smallest absolute Gasteiger partial charge is 0.309 e. The molecule has 0 radical (unpaired) electrons. The molecule has 1 aromatic rings. The largest absolute Gasteiger partial charge is 0.416 e. The van der Waals surface area contributed by atoms with Crippen molar-refractivity contribution in [2.45, 2.75) is 30.7 Å². The molecule has 3 atom stereocenters. The van der Waals surface area contributed by atoms with E-state index in [2.05, 4.69) is 5.32 Å². The third-order valence-corrected chi connectivity index (χ3v) is 4.53. The Kier molecular flexibility index (Phi) is 2.60. The molecule has 3 aliphatic rings. The minimum absolute atomic E-state index is 0.0291. The molecule has 3 amide bonds. The fourth-order valence-corrected chi connectivity index (χ4v) is 3.59. The van der Waals surface area contributed by atoms with Gasteiger partial charge in [0.25, 0.3) is 5.91 Å². The molecule has 5 nitrogen and oxygen atoms in total. The van der Waals surface area contributed by atoms with Crippen LogP contribution in [0.15, 0.2) is 24.3 Å². The topological polar surface area (TPSA) is 52.7 Å². The standard InChI is InChI=1S/C14H12F3N3O2/c15-14(16,17)7-2-1-3-8(4-7)20-12(21)11-10-5-9(6-18-10)19(11)13(20)22/h1-4,9-11,18H,5-6H2/t9-,10-,11+/m0/s1. The number of rotatable bonds is 1. The Morgan fingerprint density at radius 3 is 2.68 bits per heavy atom. The summed E-state index contributed by atoms with van der Waals surface area (Å²) in [4.78, 5) is 27.3. The molecule has 0 aliphatic carbocycles. The van der Waals surface area contributed by atoms with Gasteiger partial charge in [0.15, 0.2) is 0 Å². The van der Waals surface area contributed by atoms with E-state index in [-0.39, 0.29) is 17.8 Å². The fourth-order valence-electron chi connectivity index (χ4n) is 3.59. The van der Waals surface area contributed by atoms with E-state index in [0.717, 1.165) is 23.5 Å². The van der Waals surface area contributed by atoms with Gasteiger partial charge >= 0.3 is 12.2 Å². The van der Waals surface area contributed by atoms with Crippen LogP contribution in [0.4, 0.5) is 23.7 Å². The number of hydrogen-bond donors (Lipinski definition) is 1. The number of hydrogen-bond acceptors (Lipinski definition) is 3. The predicted molar refractivity (Wildman–Crippen MR) is 70.1 cm³/mol. The molecular formula is C14H12F3N3O2. The summed E-state index contributed by atoms with van der Waals surface area (Å²) in [6.45, 7) is 0.622. The van der Waals surface area contributed by atoms with Crippen LogP contribution in [0.1, 0.15) is 12.0 Å². The SMILES string of the molecule is O=C1[C@H]2[C@@H]3C[C@@H](CN3)N2C(=O)N1c1cccc(C(F)(F)F)c1. The predicted octanol–water partition coefficient (Wildman–Crippen LogP) is 1.59. The molecule has 3 fully saturated rings. The molecule has 116 valence electrons. The Balaban J connectivity index is 1.72. The molecule has 1 N–H and O–H groups in total. The van der Waals surface area contributed by atoms with E-state index >= 15 is 0 Å². The van der Waals surface area contributed by atoms with Crippen LogP contribution in [-0.2, 0) is 11.0 Å². The van der Waals surface area contributed by atoms with Gasteiger partial charge in [-0.2, -0.15) is 13.2 Å². The zero-order valence-electron chi connectivity index (χ0n) is 11.3. The molecule has 0 aromatic heterocycles. The number of amides is 3. The van der Waals surface area contributed by atoms with E-state index in [0.29, 0.717) is 6.54 Å².